The molecule has 38 heavy (non-hydrogen) atoms. The topological polar surface area (TPSA) is 102 Å². The fourth-order valence-electron chi connectivity index (χ4n) is 4.33. The van der Waals surface area contributed by atoms with Crippen LogP contribution >= 0.6 is 11.6 Å². The standard InChI is InChI=1S/C24H22ClF3N6O3S/c1-2-18-22(34-12-17(25)7-8-20(34)30-18)23(35)29-11-15-3-5-16(6-4-15)19-13-32-9-10-33(14-21(32)31-19)38(36,37)24(26,27)28/h3-8,12-13H,2,9-11,14H2,1H3,(H,29,35). The molecule has 0 fully saturated rings. The Morgan fingerprint density at radius 2 is 1.82 bits per heavy atom. The Morgan fingerprint density at radius 1 is 1.08 bits per heavy atom. The second-order valence-corrected chi connectivity index (χ2v) is 11.1. The van der Waals surface area contributed by atoms with Gasteiger partial charge in [0.15, 0.2) is 0 Å². The number of nitrogens with one attached hydrogen (secondary N) is 1. The van der Waals surface area contributed by atoms with E-state index in [1.807, 2.05) is 6.92 Å². The van der Waals surface area contributed by atoms with Crippen molar-refractivity contribution < 1.29 is 26.4 Å². The van der Waals surface area contributed by atoms with Crippen LogP contribution in [0.15, 0.2) is 48.8 Å². The Balaban J connectivity index is 1.28. The van der Waals surface area contributed by atoms with Crippen molar-refractivity contribution in [2.75, 3.05) is 6.54 Å². The highest BCUT2D eigenvalue weighted by molar-refractivity contribution is 7.89. The van der Waals surface area contributed by atoms with Gasteiger partial charge in [-0.2, -0.15) is 17.5 Å². The second kappa shape index (κ2) is 9.71. The molecule has 200 valence electrons. The van der Waals surface area contributed by atoms with Gasteiger partial charge < -0.3 is 9.88 Å². The highest BCUT2D eigenvalue weighted by Crippen LogP contribution is 2.30. The van der Waals surface area contributed by atoms with Crippen molar-refractivity contribution >= 4 is 33.2 Å². The predicted molar refractivity (Wildman–Crippen MR) is 134 cm³/mol. The Bertz CT molecular complexity index is 1630. The molecule has 0 aliphatic carbocycles. The fourth-order valence-corrected chi connectivity index (χ4v) is 5.40. The van der Waals surface area contributed by atoms with Gasteiger partial charge in [0.1, 0.15) is 17.2 Å². The lowest BCUT2D eigenvalue weighted by molar-refractivity contribution is -0.0496. The van der Waals surface area contributed by atoms with E-state index in [0.717, 1.165) is 5.56 Å². The quantitative estimate of drug-likeness (QED) is 0.380. The molecule has 14 heteroatoms. The number of aromatic nitrogens is 4. The van der Waals surface area contributed by atoms with Crippen molar-refractivity contribution in [3.63, 3.8) is 0 Å². The first-order valence-electron chi connectivity index (χ1n) is 11.6. The minimum atomic E-state index is -5.42. The van der Waals surface area contributed by atoms with Crippen LogP contribution in [-0.2, 0) is 36.1 Å². The summed E-state index contributed by atoms with van der Waals surface area (Å²) < 4.78 is 66.0. The normalized spacial score (nSPS) is 14.6. The molecule has 1 aliphatic heterocycles. The number of halogens is 4. The molecule has 0 spiro atoms. The van der Waals surface area contributed by atoms with Crippen LogP contribution in [0.5, 0.6) is 0 Å². The molecule has 4 heterocycles. The van der Waals surface area contributed by atoms with E-state index in [1.165, 1.54) is 0 Å². The van der Waals surface area contributed by atoms with Gasteiger partial charge >= 0.3 is 15.5 Å². The van der Waals surface area contributed by atoms with E-state index in [9.17, 15) is 26.4 Å². The SMILES string of the molecule is CCc1nc2ccc(Cl)cn2c1C(=O)NCc1ccc(-c2cn3c(n2)CN(S(=O)(=O)C(F)(F)F)CC3)cc1. The minimum absolute atomic E-state index is 0.0655. The van der Waals surface area contributed by atoms with Crippen LogP contribution in [0.4, 0.5) is 13.2 Å². The molecule has 1 N–H and O–H groups in total. The number of imidazole rings is 2. The van der Waals surface area contributed by atoms with Gasteiger partial charge in [-0.25, -0.2) is 18.4 Å². The molecule has 1 aliphatic rings. The highest BCUT2D eigenvalue weighted by atomic mass is 35.5. The second-order valence-electron chi connectivity index (χ2n) is 8.74. The molecule has 0 bridgehead atoms. The number of alkyl halides is 3. The molecule has 0 atom stereocenters. The van der Waals surface area contributed by atoms with Gasteiger partial charge in [0.25, 0.3) is 5.91 Å². The van der Waals surface area contributed by atoms with E-state index in [0.29, 0.717) is 44.0 Å². The van der Waals surface area contributed by atoms with Crippen LogP contribution in [0.1, 0.15) is 34.5 Å². The van der Waals surface area contributed by atoms with Gasteiger partial charge in [-0.3, -0.25) is 9.20 Å². The van der Waals surface area contributed by atoms with Crippen molar-refractivity contribution in [3.8, 4) is 11.3 Å². The maximum Gasteiger partial charge on any atom is 0.511 e. The lowest BCUT2D eigenvalue weighted by Gasteiger charge is -2.27. The van der Waals surface area contributed by atoms with E-state index in [1.54, 1.807) is 57.8 Å². The van der Waals surface area contributed by atoms with Crippen LogP contribution in [0.3, 0.4) is 0 Å². The number of rotatable bonds is 6. The van der Waals surface area contributed by atoms with E-state index >= 15 is 0 Å². The molecule has 3 aromatic heterocycles. The molecule has 0 radical (unpaired) electrons. The number of benzene rings is 1. The zero-order valence-electron chi connectivity index (χ0n) is 20.0. The van der Waals surface area contributed by atoms with Crippen LogP contribution in [0.25, 0.3) is 16.9 Å². The summed E-state index contributed by atoms with van der Waals surface area (Å²) in [7, 11) is -5.42. The summed E-state index contributed by atoms with van der Waals surface area (Å²) in [5.41, 5.74) is -1.61. The molecular weight excluding hydrogens is 545 g/mol. The summed E-state index contributed by atoms with van der Waals surface area (Å²) in [5, 5.41) is 3.39. The largest absolute Gasteiger partial charge is 0.511 e. The zero-order valence-corrected chi connectivity index (χ0v) is 21.6. The van der Waals surface area contributed by atoms with Crippen molar-refractivity contribution in [1.29, 1.82) is 0 Å². The maximum absolute atomic E-state index is 13.0. The number of amides is 1. The first-order valence-corrected chi connectivity index (χ1v) is 13.5. The van der Waals surface area contributed by atoms with Gasteiger partial charge in [-0.15, -0.1) is 0 Å². The van der Waals surface area contributed by atoms with Crippen molar-refractivity contribution in [2.45, 2.75) is 38.5 Å². The summed E-state index contributed by atoms with van der Waals surface area (Å²) in [5.74, 6) is -0.0592. The highest BCUT2D eigenvalue weighted by Gasteiger charge is 2.50. The van der Waals surface area contributed by atoms with Gasteiger partial charge in [-0.05, 0) is 24.1 Å². The first-order chi connectivity index (χ1) is 18.0. The number of nitrogens with zero attached hydrogens (tertiary/aromatic N) is 5. The van der Waals surface area contributed by atoms with Gasteiger partial charge in [-0.1, -0.05) is 42.8 Å². The third-order valence-corrected chi connectivity index (χ3v) is 8.11. The Morgan fingerprint density at radius 3 is 2.50 bits per heavy atom. The first kappa shape index (κ1) is 26.2. The van der Waals surface area contributed by atoms with E-state index in [-0.39, 0.29) is 31.4 Å². The van der Waals surface area contributed by atoms with Crippen LogP contribution in [0, 0.1) is 0 Å². The molecule has 0 unspecified atom stereocenters. The summed E-state index contributed by atoms with van der Waals surface area (Å²) in [4.78, 5) is 21.9. The Kier molecular flexibility index (Phi) is 6.70. The molecular formula is C24H22ClF3N6O3S. The average molecular weight is 567 g/mol. The lowest BCUT2D eigenvalue weighted by Crippen LogP contribution is -2.44. The number of fused-ring (bicyclic) bond motifs is 2. The van der Waals surface area contributed by atoms with E-state index < -0.39 is 22.1 Å². The number of carbonyl (C=O) groups excluding carboxylic acids is 1. The minimum Gasteiger partial charge on any atom is -0.347 e. The monoisotopic (exact) mass is 566 g/mol. The van der Waals surface area contributed by atoms with E-state index in [4.69, 9.17) is 11.6 Å². The van der Waals surface area contributed by atoms with Gasteiger partial charge in [0, 0.05) is 37.6 Å². The summed E-state index contributed by atoms with van der Waals surface area (Å²) in [6.45, 7) is 1.48. The molecule has 1 amide bonds. The van der Waals surface area contributed by atoms with Crippen molar-refractivity contribution in [1.82, 2.24) is 28.6 Å². The average Bonchev–Trinajstić information content (AvgIpc) is 3.47. The number of hydrogen-bond acceptors (Lipinski definition) is 5. The van der Waals surface area contributed by atoms with Crippen LogP contribution in [-0.4, -0.2) is 49.6 Å². The van der Waals surface area contributed by atoms with Gasteiger partial charge in [0.05, 0.1) is 23.0 Å². The Hall–Kier alpha value is -3.42. The van der Waals surface area contributed by atoms with Crippen molar-refractivity contribution in [3.05, 3.63) is 76.6 Å². The number of hydrogen-bond donors (Lipinski definition) is 1. The third-order valence-electron chi connectivity index (χ3n) is 6.31. The molecule has 5 rings (SSSR count). The number of pyridine rings is 1. The zero-order chi connectivity index (χ0) is 27.2. The Labute approximate surface area is 220 Å². The van der Waals surface area contributed by atoms with E-state index in [2.05, 4.69) is 15.3 Å². The molecule has 4 aromatic rings. The van der Waals surface area contributed by atoms with Crippen LogP contribution in [0.2, 0.25) is 5.02 Å². The number of aryl methyl sites for hydroxylation is 1. The number of sulfonamides is 1. The smallest absolute Gasteiger partial charge is 0.347 e. The number of carbonyl (C=O) groups is 1. The molecule has 0 saturated carbocycles. The maximum atomic E-state index is 13.0. The fraction of sp³-hybridized carbons (Fsp3) is 0.292. The molecule has 9 nitrogen and oxygen atoms in total. The summed E-state index contributed by atoms with van der Waals surface area (Å²) in [6, 6.07) is 10.6. The third kappa shape index (κ3) is 4.76. The summed E-state index contributed by atoms with van der Waals surface area (Å²) >= 11 is 6.10. The summed E-state index contributed by atoms with van der Waals surface area (Å²) in [6.07, 6.45) is 3.91. The van der Waals surface area contributed by atoms with Gasteiger partial charge in [0.2, 0.25) is 0 Å². The predicted octanol–water partition coefficient (Wildman–Crippen LogP) is 4.01. The molecule has 0 saturated heterocycles. The lowest BCUT2D eigenvalue weighted by atomic mass is 10.1. The van der Waals surface area contributed by atoms with Crippen molar-refractivity contribution in [2.24, 2.45) is 0 Å². The molecule has 1 aromatic carbocycles. The van der Waals surface area contributed by atoms with Crippen LogP contribution < -0.4 is 5.32 Å².